The fourth-order valence-electron chi connectivity index (χ4n) is 3.55. The monoisotopic (exact) mass is 331 g/mol. The summed E-state index contributed by atoms with van der Waals surface area (Å²) in [5.74, 6) is -1.35. The van der Waals surface area contributed by atoms with Crippen molar-refractivity contribution in [2.24, 2.45) is 5.73 Å². The van der Waals surface area contributed by atoms with Crippen LogP contribution in [-0.2, 0) is 9.59 Å². The van der Waals surface area contributed by atoms with Crippen LogP contribution in [0.3, 0.4) is 0 Å². The van der Waals surface area contributed by atoms with Gasteiger partial charge in [-0.3, -0.25) is 14.9 Å². The molecule has 0 radical (unpaired) electrons. The standard InChI is InChI=1S/C17H18FN3O3/c1-8-4-11-13(21-6-9(19)7-21)5-12(18)15(16(11)24-8)10-2-3-14(22)20-17(10)23/h4-5,9-10H,2-3,6-7,19H2,1H3,(H,20,22,23). The minimum atomic E-state index is -0.719. The number of hydrogen-bond acceptors (Lipinski definition) is 5. The quantitative estimate of drug-likeness (QED) is 0.815. The van der Waals surface area contributed by atoms with Crippen molar-refractivity contribution in [3.63, 3.8) is 0 Å². The molecule has 4 rings (SSSR count). The predicted molar refractivity (Wildman–Crippen MR) is 86.2 cm³/mol. The summed E-state index contributed by atoms with van der Waals surface area (Å²) in [6.07, 6.45) is 0.476. The van der Waals surface area contributed by atoms with Gasteiger partial charge in [0.2, 0.25) is 11.8 Å². The Bertz CT molecular complexity index is 854. The van der Waals surface area contributed by atoms with E-state index in [1.807, 2.05) is 11.0 Å². The molecule has 2 aliphatic rings. The first-order valence-electron chi connectivity index (χ1n) is 8.01. The van der Waals surface area contributed by atoms with Gasteiger partial charge in [0.15, 0.2) is 0 Å². The van der Waals surface area contributed by atoms with Crippen molar-refractivity contribution >= 4 is 28.5 Å². The molecule has 126 valence electrons. The maximum atomic E-state index is 14.9. The fraction of sp³-hybridized carbons (Fsp3) is 0.412. The number of fused-ring (bicyclic) bond motifs is 1. The average Bonchev–Trinajstić information content (AvgIpc) is 2.86. The van der Waals surface area contributed by atoms with Crippen molar-refractivity contribution in [1.82, 2.24) is 5.32 Å². The van der Waals surface area contributed by atoms with Gasteiger partial charge in [-0.15, -0.1) is 0 Å². The van der Waals surface area contributed by atoms with Gasteiger partial charge in [-0.2, -0.15) is 0 Å². The van der Waals surface area contributed by atoms with Gasteiger partial charge >= 0.3 is 0 Å². The molecule has 1 aromatic heterocycles. The first-order chi connectivity index (χ1) is 11.4. The minimum Gasteiger partial charge on any atom is -0.461 e. The molecule has 2 fully saturated rings. The molecule has 3 N–H and O–H groups in total. The van der Waals surface area contributed by atoms with E-state index < -0.39 is 17.6 Å². The lowest BCUT2D eigenvalue weighted by atomic mass is 9.88. The molecule has 3 heterocycles. The normalized spacial score (nSPS) is 22.0. The predicted octanol–water partition coefficient (Wildman–Crippen LogP) is 1.55. The maximum Gasteiger partial charge on any atom is 0.234 e. The molecule has 0 saturated carbocycles. The van der Waals surface area contributed by atoms with Crippen LogP contribution < -0.4 is 16.0 Å². The second-order valence-corrected chi connectivity index (χ2v) is 6.56. The Morgan fingerprint density at radius 2 is 2.08 bits per heavy atom. The van der Waals surface area contributed by atoms with Crippen molar-refractivity contribution in [3.8, 4) is 0 Å². The van der Waals surface area contributed by atoms with Gasteiger partial charge in [0.05, 0.1) is 11.6 Å². The average molecular weight is 331 g/mol. The van der Waals surface area contributed by atoms with Gasteiger partial charge in [0, 0.05) is 36.5 Å². The first kappa shape index (κ1) is 15.1. The van der Waals surface area contributed by atoms with Crippen LogP contribution >= 0.6 is 0 Å². The number of carbonyl (C=O) groups excluding carboxylic acids is 2. The molecule has 2 saturated heterocycles. The lowest BCUT2D eigenvalue weighted by molar-refractivity contribution is -0.134. The van der Waals surface area contributed by atoms with Crippen molar-refractivity contribution in [1.29, 1.82) is 0 Å². The van der Waals surface area contributed by atoms with Gasteiger partial charge in [-0.25, -0.2) is 4.39 Å². The van der Waals surface area contributed by atoms with Crippen LogP contribution in [0.15, 0.2) is 16.5 Å². The van der Waals surface area contributed by atoms with E-state index in [1.54, 1.807) is 6.92 Å². The zero-order valence-electron chi connectivity index (χ0n) is 13.3. The molecule has 0 aliphatic carbocycles. The number of nitrogens with two attached hydrogens (primary N) is 1. The number of rotatable bonds is 2. The summed E-state index contributed by atoms with van der Waals surface area (Å²) in [6.45, 7) is 3.12. The number of anilines is 1. The summed E-state index contributed by atoms with van der Waals surface area (Å²) < 4.78 is 20.6. The molecule has 1 aromatic carbocycles. The lowest BCUT2D eigenvalue weighted by Crippen LogP contribution is -2.56. The molecule has 2 amide bonds. The molecule has 2 aromatic rings. The molecule has 1 unspecified atom stereocenters. The van der Waals surface area contributed by atoms with E-state index in [9.17, 15) is 14.0 Å². The molecule has 0 spiro atoms. The van der Waals surface area contributed by atoms with Crippen molar-refractivity contribution < 1.29 is 18.4 Å². The number of halogens is 1. The zero-order chi connectivity index (χ0) is 17.0. The SMILES string of the molecule is Cc1cc2c(N3CC(N)C3)cc(F)c(C3CCC(=O)NC3=O)c2o1. The number of carbonyl (C=O) groups is 2. The Balaban J connectivity index is 1.85. The van der Waals surface area contributed by atoms with Gasteiger partial charge < -0.3 is 15.1 Å². The van der Waals surface area contributed by atoms with E-state index in [0.29, 0.717) is 24.4 Å². The van der Waals surface area contributed by atoms with Crippen LogP contribution in [0, 0.1) is 12.7 Å². The van der Waals surface area contributed by atoms with Gasteiger partial charge in [0.25, 0.3) is 0 Å². The molecular weight excluding hydrogens is 313 g/mol. The Labute approximate surface area is 137 Å². The molecule has 7 heteroatoms. The van der Waals surface area contributed by atoms with Crippen LogP contribution in [0.1, 0.15) is 30.1 Å². The maximum absolute atomic E-state index is 14.9. The topological polar surface area (TPSA) is 88.6 Å². The third-order valence-electron chi connectivity index (χ3n) is 4.73. The number of hydrogen-bond donors (Lipinski definition) is 2. The third-order valence-corrected chi connectivity index (χ3v) is 4.73. The largest absolute Gasteiger partial charge is 0.461 e. The molecule has 6 nitrogen and oxygen atoms in total. The highest BCUT2D eigenvalue weighted by Crippen LogP contribution is 2.40. The van der Waals surface area contributed by atoms with E-state index in [4.69, 9.17) is 10.2 Å². The van der Waals surface area contributed by atoms with E-state index in [1.165, 1.54) is 6.07 Å². The van der Waals surface area contributed by atoms with E-state index in [0.717, 1.165) is 11.1 Å². The highest BCUT2D eigenvalue weighted by molar-refractivity contribution is 6.04. The number of amides is 2. The number of nitrogens with zero attached hydrogens (tertiary/aromatic N) is 1. The van der Waals surface area contributed by atoms with Gasteiger partial charge in [0.1, 0.15) is 17.2 Å². The third kappa shape index (κ3) is 2.27. The minimum absolute atomic E-state index is 0.0888. The number of nitrogens with one attached hydrogen (secondary N) is 1. The molecule has 2 aliphatic heterocycles. The summed E-state index contributed by atoms with van der Waals surface area (Å²) in [5, 5.41) is 3.06. The van der Waals surface area contributed by atoms with E-state index in [-0.39, 0.29) is 30.4 Å². The second-order valence-electron chi connectivity index (χ2n) is 6.56. The van der Waals surface area contributed by atoms with E-state index >= 15 is 0 Å². The number of furan rings is 1. The summed E-state index contributed by atoms with van der Waals surface area (Å²) >= 11 is 0. The number of aryl methyl sites for hydroxylation is 1. The lowest BCUT2D eigenvalue weighted by Gasteiger charge is -2.39. The Kier molecular flexibility index (Phi) is 3.35. The first-order valence-corrected chi connectivity index (χ1v) is 8.01. The highest BCUT2D eigenvalue weighted by atomic mass is 19.1. The van der Waals surface area contributed by atoms with Crippen LogP contribution in [0.5, 0.6) is 0 Å². The van der Waals surface area contributed by atoms with Gasteiger partial charge in [-0.05, 0) is 25.5 Å². The number of benzene rings is 1. The molecule has 0 bridgehead atoms. The second kappa shape index (κ2) is 5.31. The Morgan fingerprint density at radius 1 is 1.33 bits per heavy atom. The molecule has 24 heavy (non-hydrogen) atoms. The summed E-state index contributed by atoms with van der Waals surface area (Å²) in [4.78, 5) is 25.5. The summed E-state index contributed by atoms with van der Waals surface area (Å²) in [7, 11) is 0. The zero-order valence-corrected chi connectivity index (χ0v) is 13.3. The molecular formula is C17H18FN3O3. The number of piperidine rings is 1. The summed E-state index contributed by atoms with van der Waals surface area (Å²) in [5.41, 5.74) is 7.18. The van der Waals surface area contributed by atoms with Crippen LogP contribution in [0.4, 0.5) is 10.1 Å². The fourth-order valence-corrected chi connectivity index (χ4v) is 3.55. The van der Waals surface area contributed by atoms with Crippen LogP contribution in [0.25, 0.3) is 11.0 Å². The van der Waals surface area contributed by atoms with Crippen molar-refractivity contribution in [3.05, 3.63) is 29.3 Å². The van der Waals surface area contributed by atoms with Gasteiger partial charge in [-0.1, -0.05) is 0 Å². The Hall–Kier alpha value is -2.41. The van der Waals surface area contributed by atoms with Crippen LogP contribution in [-0.4, -0.2) is 30.9 Å². The highest BCUT2D eigenvalue weighted by Gasteiger charge is 2.35. The van der Waals surface area contributed by atoms with Crippen LogP contribution in [0.2, 0.25) is 0 Å². The van der Waals surface area contributed by atoms with Crippen molar-refractivity contribution in [2.75, 3.05) is 18.0 Å². The Morgan fingerprint density at radius 3 is 2.75 bits per heavy atom. The summed E-state index contributed by atoms with van der Waals surface area (Å²) in [6, 6.07) is 3.39. The smallest absolute Gasteiger partial charge is 0.234 e. The molecule has 1 atom stereocenters. The van der Waals surface area contributed by atoms with Crippen molar-refractivity contribution in [2.45, 2.75) is 31.7 Å². The number of imide groups is 1. The van der Waals surface area contributed by atoms with E-state index in [2.05, 4.69) is 5.32 Å².